The molecule has 1 aromatic carbocycles. The summed E-state index contributed by atoms with van der Waals surface area (Å²) >= 11 is 0. The summed E-state index contributed by atoms with van der Waals surface area (Å²) in [6.07, 6.45) is 1.69. The number of nitrogens with zero attached hydrogens (tertiary/aromatic N) is 1. The van der Waals surface area contributed by atoms with Crippen LogP contribution < -0.4 is 10.6 Å². The van der Waals surface area contributed by atoms with Crippen LogP contribution in [0.1, 0.15) is 64.7 Å². The molecule has 2 N–H and O–H groups in total. The standard InChI is InChI=1S/C18H25N3O3/c1-4-6-9-21-17(23)14-8-7-13(10-15(14)18(21)24)16(22)20-11-12(3)19-5-2/h7-8,10,12,19H,4-6,9,11H2,1-3H3,(H,20,22)/t12-/m1/s1. The lowest BCUT2D eigenvalue weighted by molar-refractivity contribution is 0.0652. The fraction of sp³-hybridized carbons (Fsp3) is 0.500. The average Bonchev–Trinajstić information content (AvgIpc) is 2.81. The molecule has 0 fully saturated rings. The lowest BCUT2D eigenvalue weighted by Crippen LogP contribution is -2.38. The van der Waals surface area contributed by atoms with E-state index in [1.54, 1.807) is 12.1 Å². The minimum absolute atomic E-state index is 0.168. The molecule has 6 nitrogen and oxygen atoms in total. The Morgan fingerprint density at radius 3 is 2.54 bits per heavy atom. The quantitative estimate of drug-likeness (QED) is 0.712. The van der Waals surface area contributed by atoms with Gasteiger partial charge in [-0.2, -0.15) is 0 Å². The predicted molar refractivity (Wildman–Crippen MR) is 92.2 cm³/mol. The number of hydrogen-bond donors (Lipinski definition) is 2. The molecular formula is C18H25N3O3. The Balaban J connectivity index is 2.10. The number of hydrogen-bond acceptors (Lipinski definition) is 4. The fourth-order valence-electron chi connectivity index (χ4n) is 2.72. The molecule has 0 spiro atoms. The molecule has 0 aromatic heterocycles. The highest BCUT2D eigenvalue weighted by molar-refractivity contribution is 6.22. The summed E-state index contributed by atoms with van der Waals surface area (Å²) in [5, 5.41) is 6.05. The van der Waals surface area contributed by atoms with Crippen LogP contribution in [0.15, 0.2) is 18.2 Å². The van der Waals surface area contributed by atoms with E-state index in [0.29, 0.717) is 29.8 Å². The maximum absolute atomic E-state index is 12.4. The number of nitrogens with one attached hydrogen (secondary N) is 2. The van der Waals surface area contributed by atoms with E-state index < -0.39 is 0 Å². The third kappa shape index (κ3) is 3.82. The first kappa shape index (κ1) is 18.1. The van der Waals surface area contributed by atoms with Crippen LogP contribution in [0.2, 0.25) is 0 Å². The number of imide groups is 1. The van der Waals surface area contributed by atoms with Crippen LogP contribution in [0, 0.1) is 0 Å². The van der Waals surface area contributed by atoms with Crippen molar-refractivity contribution in [2.45, 2.75) is 39.7 Å². The van der Waals surface area contributed by atoms with Gasteiger partial charge in [-0.05, 0) is 38.1 Å². The number of rotatable bonds is 8. The Bertz CT molecular complexity index is 642. The van der Waals surface area contributed by atoms with Crippen molar-refractivity contribution in [1.29, 1.82) is 0 Å². The van der Waals surface area contributed by atoms with Gasteiger partial charge in [-0.3, -0.25) is 19.3 Å². The van der Waals surface area contributed by atoms with Gasteiger partial charge in [-0.25, -0.2) is 0 Å². The molecule has 1 aliphatic heterocycles. The lowest BCUT2D eigenvalue weighted by atomic mass is 10.1. The Morgan fingerprint density at radius 1 is 1.17 bits per heavy atom. The average molecular weight is 331 g/mol. The van der Waals surface area contributed by atoms with Gasteiger partial charge < -0.3 is 10.6 Å². The van der Waals surface area contributed by atoms with Crippen LogP contribution in [0.3, 0.4) is 0 Å². The van der Waals surface area contributed by atoms with Gasteiger partial charge in [0.1, 0.15) is 0 Å². The minimum Gasteiger partial charge on any atom is -0.350 e. The van der Waals surface area contributed by atoms with Gasteiger partial charge in [0, 0.05) is 24.7 Å². The molecule has 0 saturated carbocycles. The van der Waals surface area contributed by atoms with E-state index >= 15 is 0 Å². The first-order valence-electron chi connectivity index (χ1n) is 8.51. The maximum atomic E-state index is 12.4. The monoisotopic (exact) mass is 331 g/mol. The molecule has 0 bridgehead atoms. The number of benzene rings is 1. The molecule has 3 amide bonds. The molecule has 1 atom stereocenters. The summed E-state index contributed by atoms with van der Waals surface area (Å²) in [5.74, 6) is -0.815. The first-order chi connectivity index (χ1) is 11.5. The van der Waals surface area contributed by atoms with Gasteiger partial charge in [-0.15, -0.1) is 0 Å². The molecule has 0 radical (unpaired) electrons. The van der Waals surface area contributed by atoms with Crippen LogP contribution in [0.4, 0.5) is 0 Å². The van der Waals surface area contributed by atoms with Crippen molar-refractivity contribution in [2.24, 2.45) is 0 Å². The molecule has 24 heavy (non-hydrogen) atoms. The molecule has 2 rings (SSSR count). The highest BCUT2D eigenvalue weighted by atomic mass is 16.2. The molecular weight excluding hydrogens is 306 g/mol. The number of carbonyl (C=O) groups is 3. The smallest absolute Gasteiger partial charge is 0.261 e. The zero-order chi connectivity index (χ0) is 17.7. The molecule has 0 aliphatic carbocycles. The number of carbonyl (C=O) groups excluding carboxylic acids is 3. The molecule has 1 aromatic rings. The van der Waals surface area contributed by atoms with Gasteiger partial charge in [-0.1, -0.05) is 20.3 Å². The second-order valence-electron chi connectivity index (χ2n) is 6.04. The van der Waals surface area contributed by atoms with Crippen molar-refractivity contribution in [1.82, 2.24) is 15.5 Å². The number of likely N-dealkylation sites (N-methyl/N-ethyl adjacent to an activating group) is 1. The third-order valence-electron chi connectivity index (χ3n) is 4.09. The van der Waals surface area contributed by atoms with Gasteiger partial charge in [0.25, 0.3) is 17.7 Å². The van der Waals surface area contributed by atoms with E-state index in [1.807, 2.05) is 20.8 Å². The molecule has 0 unspecified atom stereocenters. The molecule has 6 heteroatoms. The van der Waals surface area contributed by atoms with Crippen molar-refractivity contribution < 1.29 is 14.4 Å². The number of fused-ring (bicyclic) bond motifs is 1. The van der Waals surface area contributed by atoms with E-state index in [2.05, 4.69) is 10.6 Å². The Morgan fingerprint density at radius 2 is 1.88 bits per heavy atom. The Labute approximate surface area is 142 Å². The van der Waals surface area contributed by atoms with Crippen LogP contribution in [0.25, 0.3) is 0 Å². The Hall–Kier alpha value is -2.21. The Kier molecular flexibility index (Phi) is 6.09. The normalized spacial score (nSPS) is 14.7. The molecule has 1 heterocycles. The van der Waals surface area contributed by atoms with Crippen LogP contribution in [-0.2, 0) is 0 Å². The second-order valence-corrected chi connectivity index (χ2v) is 6.04. The SMILES string of the molecule is CCCCN1C(=O)c2ccc(C(=O)NC[C@@H](C)NCC)cc2C1=O. The van der Waals surface area contributed by atoms with E-state index in [9.17, 15) is 14.4 Å². The van der Waals surface area contributed by atoms with Crippen molar-refractivity contribution >= 4 is 17.7 Å². The summed E-state index contributed by atoms with van der Waals surface area (Å²) in [4.78, 5) is 38.2. The van der Waals surface area contributed by atoms with Crippen LogP contribution >= 0.6 is 0 Å². The van der Waals surface area contributed by atoms with E-state index in [1.165, 1.54) is 11.0 Å². The number of amides is 3. The van der Waals surface area contributed by atoms with E-state index in [-0.39, 0.29) is 23.8 Å². The van der Waals surface area contributed by atoms with Crippen LogP contribution in [-0.4, -0.2) is 48.3 Å². The van der Waals surface area contributed by atoms with Crippen molar-refractivity contribution in [2.75, 3.05) is 19.6 Å². The minimum atomic E-state index is -0.306. The predicted octanol–water partition coefficient (Wildman–Crippen LogP) is 1.81. The molecule has 130 valence electrons. The molecule has 0 saturated heterocycles. The van der Waals surface area contributed by atoms with Gasteiger partial charge in [0.2, 0.25) is 0 Å². The fourth-order valence-corrected chi connectivity index (χ4v) is 2.72. The van der Waals surface area contributed by atoms with Crippen molar-refractivity contribution in [3.63, 3.8) is 0 Å². The summed E-state index contributed by atoms with van der Waals surface area (Å²) in [6, 6.07) is 4.86. The summed E-state index contributed by atoms with van der Waals surface area (Å²) < 4.78 is 0. The summed E-state index contributed by atoms with van der Waals surface area (Å²) in [6.45, 7) is 7.75. The van der Waals surface area contributed by atoms with Crippen LogP contribution in [0.5, 0.6) is 0 Å². The van der Waals surface area contributed by atoms with Crippen molar-refractivity contribution in [3.8, 4) is 0 Å². The highest BCUT2D eigenvalue weighted by Gasteiger charge is 2.35. The number of unbranched alkanes of at least 4 members (excludes halogenated alkanes) is 1. The first-order valence-corrected chi connectivity index (χ1v) is 8.51. The molecule has 1 aliphatic rings. The van der Waals surface area contributed by atoms with E-state index in [0.717, 1.165) is 19.4 Å². The maximum Gasteiger partial charge on any atom is 0.261 e. The topological polar surface area (TPSA) is 78.5 Å². The summed E-state index contributed by atoms with van der Waals surface area (Å²) in [7, 11) is 0. The van der Waals surface area contributed by atoms with Crippen molar-refractivity contribution in [3.05, 3.63) is 34.9 Å². The van der Waals surface area contributed by atoms with Gasteiger partial charge in [0.15, 0.2) is 0 Å². The highest BCUT2D eigenvalue weighted by Crippen LogP contribution is 2.24. The largest absolute Gasteiger partial charge is 0.350 e. The summed E-state index contributed by atoms with van der Waals surface area (Å²) in [5.41, 5.74) is 1.10. The third-order valence-corrected chi connectivity index (χ3v) is 4.09. The van der Waals surface area contributed by atoms with Gasteiger partial charge >= 0.3 is 0 Å². The zero-order valence-corrected chi connectivity index (χ0v) is 14.5. The van der Waals surface area contributed by atoms with E-state index in [4.69, 9.17) is 0 Å². The van der Waals surface area contributed by atoms with Gasteiger partial charge in [0.05, 0.1) is 11.1 Å². The zero-order valence-electron chi connectivity index (χ0n) is 14.5. The second kappa shape index (κ2) is 8.06. The lowest BCUT2D eigenvalue weighted by Gasteiger charge is -2.13.